The molecule has 0 bridgehead atoms. The van der Waals surface area contributed by atoms with Crippen LogP contribution >= 0.6 is 0 Å². The van der Waals surface area contributed by atoms with E-state index < -0.39 is 0 Å². The fourth-order valence-electron chi connectivity index (χ4n) is 3.49. The summed E-state index contributed by atoms with van der Waals surface area (Å²) in [7, 11) is 2.15. The van der Waals surface area contributed by atoms with Crippen molar-refractivity contribution < 1.29 is 0 Å². The fraction of sp³-hybridized carbons (Fsp3) is 0.588. The topological polar surface area (TPSA) is 29.9 Å². The van der Waals surface area contributed by atoms with Gasteiger partial charge in [0.05, 0.1) is 11.0 Å². The summed E-state index contributed by atoms with van der Waals surface area (Å²) in [4.78, 5) is 4.83. The van der Waals surface area contributed by atoms with Crippen LogP contribution in [0.2, 0.25) is 0 Å². The summed E-state index contributed by atoms with van der Waals surface area (Å²) in [5, 5.41) is 3.72. The Balaban J connectivity index is 1.77. The minimum absolute atomic E-state index is 0.690. The first-order valence-electron chi connectivity index (χ1n) is 7.93. The molecule has 3 heteroatoms. The number of imidazole rings is 1. The average molecular weight is 271 g/mol. The normalized spacial score (nSPS) is 22.7. The van der Waals surface area contributed by atoms with Gasteiger partial charge in [-0.15, -0.1) is 0 Å². The molecule has 1 heterocycles. The molecule has 3 rings (SSSR count). The van der Waals surface area contributed by atoms with E-state index in [1.807, 2.05) is 0 Å². The van der Waals surface area contributed by atoms with Gasteiger partial charge >= 0.3 is 0 Å². The Hall–Kier alpha value is -1.35. The third-order valence-corrected chi connectivity index (χ3v) is 4.64. The molecule has 0 radical (unpaired) electrons. The largest absolute Gasteiger partial charge is 0.331 e. The second-order valence-electron chi connectivity index (χ2n) is 6.03. The van der Waals surface area contributed by atoms with Crippen molar-refractivity contribution in [3.05, 3.63) is 30.1 Å². The summed E-state index contributed by atoms with van der Waals surface area (Å²) in [6.07, 6.45) is 6.34. The van der Waals surface area contributed by atoms with Crippen LogP contribution in [0.5, 0.6) is 0 Å². The molecule has 1 aliphatic carbocycles. The van der Waals surface area contributed by atoms with Crippen molar-refractivity contribution in [3.63, 3.8) is 0 Å². The van der Waals surface area contributed by atoms with Gasteiger partial charge in [-0.1, -0.05) is 25.5 Å². The number of para-hydroxylation sites is 2. The lowest BCUT2D eigenvalue weighted by Gasteiger charge is -2.20. The second-order valence-corrected chi connectivity index (χ2v) is 6.03. The molecule has 2 unspecified atom stereocenters. The molecule has 0 amide bonds. The van der Waals surface area contributed by atoms with E-state index >= 15 is 0 Å². The van der Waals surface area contributed by atoms with E-state index in [4.69, 9.17) is 4.98 Å². The van der Waals surface area contributed by atoms with Gasteiger partial charge in [0.1, 0.15) is 5.82 Å². The Morgan fingerprint density at radius 1 is 1.30 bits per heavy atom. The lowest BCUT2D eigenvalue weighted by molar-refractivity contribution is 0.391. The van der Waals surface area contributed by atoms with Crippen LogP contribution in [-0.4, -0.2) is 22.1 Å². The highest BCUT2D eigenvalue weighted by Gasteiger charge is 2.28. The van der Waals surface area contributed by atoms with E-state index in [1.54, 1.807) is 0 Å². The first kappa shape index (κ1) is 13.6. The van der Waals surface area contributed by atoms with Crippen LogP contribution in [0.3, 0.4) is 0 Å². The summed E-state index contributed by atoms with van der Waals surface area (Å²) in [6, 6.07) is 9.12. The van der Waals surface area contributed by atoms with Crippen molar-refractivity contribution in [1.29, 1.82) is 0 Å². The summed E-state index contributed by atoms with van der Waals surface area (Å²) < 4.78 is 2.27. The zero-order valence-electron chi connectivity index (χ0n) is 12.6. The third kappa shape index (κ3) is 2.59. The number of fused-ring (bicyclic) bond motifs is 1. The Bertz CT molecular complexity index is 573. The van der Waals surface area contributed by atoms with Crippen molar-refractivity contribution in [3.8, 4) is 0 Å². The zero-order chi connectivity index (χ0) is 13.9. The Kier molecular flexibility index (Phi) is 4.06. The molecular formula is C17H25N3. The molecule has 2 aromatic rings. The van der Waals surface area contributed by atoms with Crippen molar-refractivity contribution in [2.45, 2.75) is 45.1 Å². The third-order valence-electron chi connectivity index (χ3n) is 4.64. The summed E-state index contributed by atoms with van der Waals surface area (Å²) in [5.41, 5.74) is 2.37. The molecule has 1 aliphatic rings. The minimum atomic E-state index is 0.690. The summed E-state index contributed by atoms with van der Waals surface area (Å²) in [6.45, 7) is 3.38. The van der Waals surface area contributed by atoms with Gasteiger partial charge in [0.15, 0.2) is 0 Å². The van der Waals surface area contributed by atoms with Gasteiger partial charge in [-0.3, -0.25) is 0 Å². The van der Waals surface area contributed by atoms with Crippen LogP contribution in [0.4, 0.5) is 0 Å². The lowest BCUT2D eigenvalue weighted by atomic mass is 9.99. The van der Waals surface area contributed by atoms with Crippen LogP contribution in [0.25, 0.3) is 11.0 Å². The van der Waals surface area contributed by atoms with Gasteiger partial charge in [0, 0.05) is 19.5 Å². The Morgan fingerprint density at radius 2 is 2.15 bits per heavy atom. The molecule has 0 aliphatic heterocycles. The van der Waals surface area contributed by atoms with Gasteiger partial charge in [-0.2, -0.15) is 0 Å². The smallest absolute Gasteiger partial charge is 0.109 e. The highest BCUT2D eigenvalue weighted by atomic mass is 15.1. The van der Waals surface area contributed by atoms with Gasteiger partial charge in [-0.05, 0) is 43.9 Å². The molecule has 108 valence electrons. The quantitative estimate of drug-likeness (QED) is 0.904. The van der Waals surface area contributed by atoms with Crippen molar-refractivity contribution in [2.75, 3.05) is 6.54 Å². The molecular weight excluding hydrogens is 246 g/mol. The predicted molar refractivity (Wildman–Crippen MR) is 83.8 cm³/mol. The van der Waals surface area contributed by atoms with Crippen LogP contribution in [-0.2, 0) is 13.5 Å². The molecule has 0 saturated heterocycles. The maximum absolute atomic E-state index is 4.83. The first-order chi connectivity index (χ1) is 9.79. The van der Waals surface area contributed by atoms with Crippen LogP contribution in [0.15, 0.2) is 24.3 Å². The lowest BCUT2D eigenvalue weighted by Crippen LogP contribution is -2.34. The molecule has 0 spiro atoms. The average Bonchev–Trinajstić information content (AvgIpc) is 3.03. The maximum atomic E-state index is 4.83. The van der Waals surface area contributed by atoms with Crippen LogP contribution < -0.4 is 5.32 Å². The standard InChI is InChI=1S/C17H25N3/c1-3-11-18-14-9-6-7-13(14)12-17-19-15-8-4-5-10-16(15)20(17)2/h4-5,8,10,13-14,18H,3,6-7,9,11-12H2,1-2H3. The Morgan fingerprint density at radius 3 is 2.95 bits per heavy atom. The van der Waals surface area contributed by atoms with E-state index in [1.165, 1.54) is 37.0 Å². The molecule has 1 aromatic heterocycles. The first-order valence-corrected chi connectivity index (χ1v) is 7.93. The number of aromatic nitrogens is 2. The van der Waals surface area contributed by atoms with Gasteiger partial charge in [0.2, 0.25) is 0 Å². The van der Waals surface area contributed by atoms with E-state index in [0.29, 0.717) is 6.04 Å². The molecule has 2 atom stereocenters. The molecule has 20 heavy (non-hydrogen) atoms. The highest BCUT2D eigenvalue weighted by Crippen LogP contribution is 2.29. The van der Waals surface area contributed by atoms with E-state index in [2.05, 4.69) is 48.1 Å². The SMILES string of the molecule is CCCNC1CCCC1Cc1nc2ccccc2n1C. The number of hydrogen-bond acceptors (Lipinski definition) is 2. The van der Waals surface area contributed by atoms with Crippen LogP contribution in [0, 0.1) is 5.92 Å². The molecule has 1 fully saturated rings. The van der Waals surface area contributed by atoms with Crippen molar-refractivity contribution in [1.82, 2.24) is 14.9 Å². The van der Waals surface area contributed by atoms with Crippen LogP contribution in [0.1, 0.15) is 38.4 Å². The highest BCUT2D eigenvalue weighted by molar-refractivity contribution is 5.75. The number of hydrogen-bond donors (Lipinski definition) is 1. The molecule has 1 N–H and O–H groups in total. The predicted octanol–water partition coefficient (Wildman–Crippen LogP) is 3.28. The monoisotopic (exact) mass is 271 g/mol. The zero-order valence-corrected chi connectivity index (χ0v) is 12.6. The number of benzene rings is 1. The van der Waals surface area contributed by atoms with E-state index in [-0.39, 0.29) is 0 Å². The van der Waals surface area contributed by atoms with Gasteiger partial charge < -0.3 is 9.88 Å². The van der Waals surface area contributed by atoms with Gasteiger partial charge in [-0.25, -0.2) is 4.98 Å². The number of rotatable bonds is 5. The summed E-state index contributed by atoms with van der Waals surface area (Å²) >= 11 is 0. The molecule has 1 saturated carbocycles. The molecule has 1 aromatic carbocycles. The summed E-state index contributed by atoms with van der Waals surface area (Å²) in [5.74, 6) is 1.98. The van der Waals surface area contributed by atoms with Crippen molar-refractivity contribution in [2.24, 2.45) is 13.0 Å². The van der Waals surface area contributed by atoms with Gasteiger partial charge in [0.25, 0.3) is 0 Å². The minimum Gasteiger partial charge on any atom is -0.331 e. The van der Waals surface area contributed by atoms with E-state index in [9.17, 15) is 0 Å². The van der Waals surface area contributed by atoms with Crippen molar-refractivity contribution >= 4 is 11.0 Å². The second kappa shape index (κ2) is 5.96. The number of aryl methyl sites for hydroxylation is 1. The number of nitrogens with zero attached hydrogens (tertiary/aromatic N) is 2. The molecule has 3 nitrogen and oxygen atoms in total. The Labute approximate surface area is 121 Å². The number of nitrogens with one attached hydrogen (secondary N) is 1. The fourth-order valence-corrected chi connectivity index (χ4v) is 3.49. The maximum Gasteiger partial charge on any atom is 0.109 e. The van der Waals surface area contributed by atoms with E-state index in [0.717, 1.165) is 24.4 Å².